The van der Waals surface area contributed by atoms with Gasteiger partial charge in [-0.15, -0.1) is 0 Å². The summed E-state index contributed by atoms with van der Waals surface area (Å²) in [5.74, 6) is -0.980. The molecule has 4 fully saturated rings. The Balaban J connectivity index is 0.000000184. The van der Waals surface area contributed by atoms with Gasteiger partial charge in [0.25, 0.3) is 11.3 Å². The average Bonchev–Trinajstić information content (AvgIpc) is 1.75. The number of fused-ring (bicyclic) bond motifs is 5. The molecular formula is C94H117BrN12O16P2. The van der Waals surface area contributed by atoms with Gasteiger partial charge in [-0.1, -0.05) is 152 Å². The van der Waals surface area contributed by atoms with E-state index in [1.165, 1.54) is 22.0 Å². The van der Waals surface area contributed by atoms with Crippen LogP contribution in [0.2, 0.25) is 0 Å². The zero-order chi connectivity index (χ0) is 89.8. The molecule has 4 aliphatic carbocycles. The molecule has 0 radical (unpaired) electrons. The van der Waals surface area contributed by atoms with Crippen molar-refractivity contribution in [3.63, 3.8) is 0 Å². The van der Waals surface area contributed by atoms with Gasteiger partial charge in [-0.2, -0.15) is 20.4 Å². The number of carbonyl (C=O) groups excluding carboxylic acids is 3. The van der Waals surface area contributed by atoms with Crippen LogP contribution in [0, 0.1) is 37.0 Å². The molecule has 0 saturated heterocycles. The maximum Gasteiger partial charge on any atom is 0.362 e. The Labute approximate surface area is 742 Å². The van der Waals surface area contributed by atoms with Gasteiger partial charge in [-0.3, -0.25) is 52.2 Å². The number of aromatic carboxylic acids is 1. The van der Waals surface area contributed by atoms with Crippen LogP contribution in [-0.4, -0.2) is 143 Å². The van der Waals surface area contributed by atoms with Crippen molar-refractivity contribution in [2.45, 2.75) is 188 Å². The number of esters is 2. The Bertz CT molecular complexity index is 5370. The van der Waals surface area contributed by atoms with Gasteiger partial charge in [0.15, 0.2) is 11.4 Å². The minimum Gasteiger partial charge on any atom is -0.508 e. The Hall–Kier alpha value is -11.1. The van der Waals surface area contributed by atoms with Crippen LogP contribution in [0.3, 0.4) is 0 Å². The molecule has 0 unspecified atom stereocenters. The predicted octanol–water partition coefficient (Wildman–Crippen LogP) is 15.4. The predicted molar refractivity (Wildman–Crippen MR) is 490 cm³/mol. The molecule has 8 aromatic rings. The second kappa shape index (κ2) is 49.0. The zero-order valence-corrected chi connectivity index (χ0v) is 75.7. The number of nitrogens with zero attached hydrogens (tertiary/aromatic N) is 10. The van der Waals surface area contributed by atoms with E-state index in [4.69, 9.17) is 29.4 Å². The lowest BCUT2D eigenvalue weighted by atomic mass is 9.78. The van der Waals surface area contributed by atoms with Crippen molar-refractivity contribution < 1.29 is 58.2 Å². The number of aryl methyl sites for hydroxylation is 3. The number of amides is 1. The summed E-state index contributed by atoms with van der Waals surface area (Å²) in [6, 6.07) is 31.7. The van der Waals surface area contributed by atoms with Crippen molar-refractivity contribution in [2.24, 2.45) is 31.5 Å². The average molecular weight is 1810 g/mol. The van der Waals surface area contributed by atoms with Gasteiger partial charge in [0.05, 0.1) is 39.0 Å². The molecule has 125 heavy (non-hydrogen) atoms. The summed E-state index contributed by atoms with van der Waals surface area (Å²) in [4.78, 5) is 97.1. The van der Waals surface area contributed by atoms with E-state index < -0.39 is 46.1 Å². The lowest BCUT2D eigenvalue weighted by Gasteiger charge is -2.30. The van der Waals surface area contributed by atoms with Crippen molar-refractivity contribution in [1.82, 2.24) is 44.4 Å². The minimum absolute atomic E-state index is 0.00572. The van der Waals surface area contributed by atoms with Gasteiger partial charge >= 0.3 is 17.9 Å². The standard InChI is InChI=1S/C25H32N3O4P.C23H29N3O4.C21H23N3O4.C21H26N2O4.C4H7BrNP/c1-3-31-24(30)22-23(29)19(2)17-28(27-22)18-25(11-4-5-12-25)16-20-9-8-10-21(15-20)32-14-7-6-13-26-33;1-17-15-26(25-20(21(17)27)22(28)29)16-23(9-2-3-10-23)14-18-7-6-8-19(13-18)30-12-5-4-11-24;25-17-13-24-14-21(8-1-2-9-21)15-6-5-7-16(12-15)28-11-4-3-10-22-20(27)18(23-24)19(17)26;1-3-27-20(26)18-19(25)15(2)13-23(22-18)14-21(9-4-5-10-21)12-16-7-6-8-17(24)11-16;5-3-1-2-4-6-7/h6-10,15,17,33H,3-5,11-14,16,18H2,1-2H3;4-8,13,15H,2-3,9-12,14,16,24H2,1H3,(H,28,29);3-7,12-13,25H,1-2,8-11,14H2,(H,22,27);6-8,11,13,24H,3-5,9-10,12,14H2,1-2H3;1-2,7H,3-4H2/b7-6+;5-4+;4-3+;;2-1+. The van der Waals surface area contributed by atoms with Crippen molar-refractivity contribution in [1.29, 1.82) is 0 Å². The fraction of sp³-hybridized carbons (Fsp3) is 0.447. The van der Waals surface area contributed by atoms with E-state index in [1.54, 1.807) is 85.5 Å². The molecule has 1 amide bonds. The molecule has 666 valence electrons. The third kappa shape index (κ3) is 29.2. The summed E-state index contributed by atoms with van der Waals surface area (Å²) in [7, 11) is 6.07. The normalized spacial score (nSPS) is 16.1. The van der Waals surface area contributed by atoms with Crippen LogP contribution in [-0.2, 0) is 60.3 Å². The SMILES string of the molecule is CCOC(=O)c1nn(CC2(Cc3cccc(O)c3)CCCC2)cc(C)c1=O.CCOC(=O)c1nn(CC2(Cc3cccc(OC/C=C/CN=P)c3)CCCC2)cc(C)c1=O.Cc1cn(CC2(Cc3cccc(OC/C=C/CN)c3)CCCC2)nc(C(=O)O)c1=O.O=C1NC/C=C/COc2cccc(c2)C2(CCCC2)Cn2cc(O)c(=O)c1n2.P=NC/C=C/CBr. The lowest BCUT2D eigenvalue weighted by molar-refractivity contribution is 0.0504. The fourth-order valence-corrected chi connectivity index (χ4v) is 17.5. The monoisotopic (exact) mass is 1810 g/mol. The van der Waals surface area contributed by atoms with Crippen molar-refractivity contribution in [2.75, 3.05) is 64.5 Å². The molecule has 28 nitrogen and oxygen atoms in total. The fourth-order valence-electron chi connectivity index (χ4n) is 17.0. The number of carbonyl (C=O) groups is 4. The van der Waals surface area contributed by atoms with E-state index >= 15 is 0 Å². The Morgan fingerprint density at radius 3 is 1.46 bits per heavy atom. The number of hydrogen-bond donors (Lipinski definition) is 5. The third-order valence-electron chi connectivity index (χ3n) is 22.8. The van der Waals surface area contributed by atoms with E-state index in [1.807, 2.05) is 91.1 Å². The van der Waals surface area contributed by atoms with Crippen molar-refractivity contribution >= 4 is 57.8 Å². The number of allylic oxidation sites excluding steroid dienone is 1. The van der Waals surface area contributed by atoms with Gasteiger partial charge in [-0.25, -0.2) is 14.4 Å². The van der Waals surface area contributed by atoms with Gasteiger partial charge in [0.1, 0.15) is 42.8 Å². The first kappa shape index (κ1) is 97.7. The first-order valence-electron chi connectivity index (χ1n) is 42.7. The molecule has 4 bridgehead atoms. The number of rotatable bonds is 29. The topological polar surface area (TPSA) is 377 Å². The molecule has 4 aromatic carbocycles. The van der Waals surface area contributed by atoms with E-state index in [9.17, 15) is 53.7 Å². The largest absolute Gasteiger partial charge is 0.508 e. The number of halogens is 1. The first-order chi connectivity index (χ1) is 60.3. The molecule has 0 atom stereocenters. The highest BCUT2D eigenvalue weighted by Crippen LogP contribution is 2.47. The van der Waals surface area contributed by atoms with Gasteiger partial charge < -0.3 is 50.1 Å². The number of carboxylic acids is 1. The van der Waals surface area contributed by atoms with Crippen molar-refractivity contribution in [3.05, 3.63) is 273 Å². The number of carboxylic acid groups (broad SMARTS) is 1. The molecule has 31 heteroatoms. The van der Waals surface area contributed by atoms with Gasteiger partial charge in [0, 0.05) is 78.7 Å². The maximum atomic E-state index is 12.4. The first-order valence-corrected chi connectivity index (χ1v) is 44.7. The van der Waals surface area contributed by atoms with Crippen LogP contribution in [0.5, 0.6) is 28.7 Å². The molecule has 1 spiro atoms. The smallest absolute Gasteiger partial charge is 0.362 e. The zero-order valence-electron chi connectivity index (χ0n) is 72.1. The van der Waals surface area contributed by atoms with E-state index in [0.717, 1.165) is 162 Å². The quantitative estimate of drug-likeness (QED) is 0.0126. The van der Waals surface area contributed by atoms with Crippen molar-refractivity contribution in [3.8, 4) is 28.7 Å². The molecular weight excluding hydrogens is 1690 g/mol. The third-order valence-corrected chi connectivity index (χ3v) is 23.6. The highest BCUT2D eigenvalue weighted by atomic mass is 79.9. The lowest BCUT2D eigenvalue weighted by Crippen LogP contribution is -2.34. The second-order valence-electron chi connectivity index (χ2n) is 32.4. The molecule has 5 aliphatic rings. The number of nitrogens with one attached hydrogen (secondary N) is 1. The van der Waals surface area contributed by atoms with E-state index in [2.05, 4.69) is 106 Å². The van der Waals surface area contributed by atoms with Gasteiger partial charge in [0.2, 0.25) is 33.4 Å². The number of alkyl halides is 1. The summed E-state index contributed by atoms with van der Waals surface area (Å²) in [5.41, 5.74) is 8.22. The summed E-state index contributed by atoms with van der Waals surface area (Å²) in [5, 5.41) is 49.8. The second-order valence-corrected chi connectivity index (χ2v) is 33.7. The number of phenolic OH excluding ortho intramolecular Hbond substituents is 1. The van der Waals surface area contributed by atoms with Crippen LogP contribution >= 0.6 is 34.0 Å². The summed E-state index contributed by atoms with van der Waals surface area (Å²) < 4.78 is 41.6. The minimum atomic E-state index is -1.29. The highest BCUT2D eigenvalue weighted by molar-refractivity contribution is 9.09. The summed E-state index contributed by atoms with van der Waals surface area (Å²) in [6.07, 6.45) is 41.4. The van der Waals surface area contributed by atoms with E-state index in [0.29, 0.717) is 75.8 Å². The maximum absolute atomic E-state index is 12.4. The van der Waals surface area contributed by atoms with E-state index in [-0.39, 0.29) is 75.1 Å². The number of aromatic hydroxyl groups is 2. The van der Waals surface area contributed by atoms with Crippen LogP contribution in [0.4, 0.5) is 0 Å². The number of phenols is 1. The number of hydrogen-bond acceptors (Lipinski definition) is 22. The van der Waals surface area contributed by atoms with Crippen LogP contribution < -0.4 is 47.0 Å². The molecule has 4 aromatic heterocycles. The number of ether oxygens (including phenoxy) is 5. The molecule has 13 rings (SSSR count). The number of nitrogens with two attached hydrogens (primary N) is 1. The summed E-state index contributed by atoms with van der Waals surface area (Å²) in [6.45, 7) is 14.6. The molecule has 4 saturated carbocycles. The Morgan fingerprint density at radius 1 is 0.552 bits per heavy atom. The highest BCUT2D eigenvalue weighted by Gasteiger charge is 2.40. The number of benzene rings is 4. The molecule has 1 aliphatic heterocycles. The van der Waals surface area contributed by atoms with Crippen LogP contribution in [0.1, 0.15) is 197 Å². The van der Waals surface area contributed by atoms with Crippen LogP contribution in [0.25, 0.3) is 0 Å². The summed E-state index contributed by atoms with van der Waals surface area (Å²) >= 11 is 3.24. The van der Waals surface area contributed by atoms with Crippen LogP contribution in [0.15, 0.2) is 199 Å². The van der Waals surface area contributed by atoms with Gasteiger partial charge in [-0.05, 0) is 222 Å². The Kier molecular flexibility index (Phi) is 38.3. The molecule has 5 heterocycles. The number of aromatic nitrogens is 8. The Morgan fingerprint density at radius 2 is 1.00 bits per heavy atom. The molecule has 6 N–H and O–H groups in total.